The number of nitrogens with zero attached hydrogens (tertiary/aromatic N) is 1. The van der Waals surface area contributed by atoms with E-state index in [1.54, 1.807) is 0 Å². The molecule has 1 N–H and O–H groups in total. The number of hydrogen-bond donors (Lipinski definition) is 1. The van der Waals surface area contributed by atoms with Gasteiger partial charge in [-0.1, -0.05) is 86.1 Å². The van der Waals surface area contributed by atoms with Crippen molar-refractivity contribution in [3.8, 4) is 11.3 Å². The van der Waals surface area contributed by atoms with Gasteiger partial charge in [-0.25, -0.2) is 4.98 Å². The molecule has 1 amide bonds. The Labute approximate surface area is 184 Å². The lowest BCUT2D eigenvalue weighted by molar-refractivity contribution is 0.0952. The molecule has 1 aromatic heterocycles. The van der Waals surface area contributed by atoms with Crippen LogP contribution in [0.2, 0.25) is 0 Å². The van der Waals surface area contributed by atoms with Crippen molar-refractivity contribution in [2.24, 2.45) is 5.92 Å². The Morgan fingerprint density at radius 1 is 0.903 bits per heavy atom. The van der Waals surface area contributed by atoms with Crippen LogP contribution in [0, 0.1) is 12.8 Å². The van der Waals surface area contributed by atoms with Crippen LogP contribution >= 0.6 is 0 Å². The number of nitrogens with one attached hydrogen (secondary N) is 1. The van der Waals surface area contributed by atoms with Crippen LogP contribution in [-0.4, -0.2) is 10.9 Å². The molecule has 3 aromatic carbocycles. The van der Waals surface area contributed by atoms with Crippen molar-refractivity contribution in [1.82, 2.24) is 10.3 Å². The zero-order valence-electron chi connectivity index (χ0n) is 18.4. The third kappa shape index (κ3) is 5.00. The molecule has 0 saturated carbocycles. The number of hydrogen-bond acceptors (Lipinski definition) is 2. The van der Waals surface area contributed by atoms with E-state index < -0.39 is 0 Å². The molecule has 0 atom stereocenters. The van der Waals surface area contributed by atoms with Gasteiger partial charge in [0.05, 0.1) is 16.8 Å². The normalized spacial score (nSPS) is 11.1. The third-order valence-corrected chi connectivity index (χ3v) is 5.43. The molecule has 0 unspecified atom stereocenters. The summed E-state index contributed by atoms with van der Waals surface area (Å²) in [4.78, 5) is 17.9. The van der Waals surface area contributed by atoms with Gasteiger partial charge in [-0.05, 0) is 42.5 Å². The summed E-state index contributed by atoms with van der Waals surface area (Å²) in [5, 5.41) is 3.93. The fourth-order valence-corrected chi connectivity index (χ4v) is 3.78. The molecule has 4 aromatic rings. The van der Waals surface area contributed by atoms with Crippen molar-refractivity contribution < 1.29 is 4.79 Å². The van der Waals surface area contributed by atoms with Crippen molar-refractivity contribution in [3.63, 3.8) is 0 Å². The Morgan fingerprint density at radius 2 is 1.58 bits per heavy atom. The van der Waals surface area contributed by atoms with E-state index in [2.05, 4.69) is 62.5 Å². The van der Waals surface area contributed by atoms with Crippen LogP contribution in [0.1, 0.15) is 40.9 Å². The van der Waals surface area contributed by atoms with Crippen molar-refractivity contribution in [3.05, 3.63) is 101 Å². The highest BCUT2D eigenvalue weighted by atomic mass is 16.1. The molecule has 0 aliphatic rings. The molecule has 0 bridgehead atoms. The fraction of sp³-hybridized carbons (Fsp3) is 0.214. The smallest absolute Gasteiger partial charge is 0.252 e. The van der Waals surface area contributed by atoms with Crippen LogP contribution in [0.3, 0.4) is 0 Å². The largest absolute Gasteiger partial charge is 0.348 e. The lowest BCUT2D eigenvalue weighted by atomic mass is 9.99. The summed E-state index contributed by atoms with van der Waals surface area (Å²) in [6.07, 6.45) is 1.05. The van der Waals surface area contributed by atoms with Gasteiger partial charge in [0.15, 0.2) is 0 Å². The van der Waals surface area contributed by atoms with Crippen molar-refractivity contribution >= 4 is 16.8 Å². The van der Waals surface area contributed by atoms with Crippen LogP contribution in [0.15, 0.2) is 78.9 Å². The molecule has 0 radical (unpaired) electrons. The molecular formula is C28H28N2O. The average molecular weight is 409 g/mol. The summed E-state index contributed by atoms with van der Waals surface area (Å²) < 4.78 is 0. The Balaban J connectivity index is 1.64. The maximum Gasteiger partial charge on any atom is 0.252 e. The van der Waals surface area contributed by atoms with Crippen molar-refractivity contribution in [2.75, 3.05) is 0 Å². The first kappa shape index (κ1) is 20.8. The van der Waals surface area contributed by atoms with Crippen LogP contribution in [0.25, 0.3) is 22.2 Å². The van der Waals surface area contributed by atoms with E-state index in [0.29, 0.717) is 18.0 Å². The molecule has 31 heavy (non-hydrogen) atoms. The fourth-order valence-electron chi connectivity index (χ4n) is 3.78. The summed E-state index contributed by atoms with van der Waals surface area (Å²) in [5.41, 5.74) is 6.92. The third-order valence-electron chi connectivity index (χ3n) is 5.43. The van der Waals surface area contributed by atoms with Crippen molar-refractivity contribution in [2.45, 2.75) is 33.7 Å². The lowest BCUT2D eigenvalue weighted by Crippen LogP contribution is -2.23. The number of benzene rings is 3. The van der Waals surface area contributed by atoms with E-state index >= 15 is 0 Å². The Morgan fingerprint density at radius 3 is 2.29 bits per heavy atom. The van der Waals surface area contributed by atoms with Gasteiger partial charge in [-0.15, -0.1) is 0 Å². The molecule has 4 rings (SSSR count). The number of pyridine rings is 1. The van der Waals surface area contributed by atoms with E-state index in [1.807, 2.05) is 42.5 Å². The lowest BCUT2D eigenvalue weighted by Gasteiger charge is -2.12. The van der Waals surface area contributed by atoms with E-state index in [-0.39, 0.29) is 5.91 Å². The SMILES string of the molecule is Cc1ccc(CNC(=O)c2cc(-c3ccc(CC(C)C)cc3)nc3ccccc23)cc1. The second kappa shape index (κ2) is 9.13. The maximum atomic E-state index is 13.1. The van der Waals surface area contributed by atoms with Crippen LogP contribution in [-0.2, 0) is 13.0 Å². The number of rotatable bonds is 6. The molecule has 0 aliphatic carbocycles. The molecule has 0 fully saturated rings. The van der Waals surface area contributed by atoms with Crippen LogP contribution in [0.5, 0.6) is 0 Å². The molecule has 0 aliphatic heterocycles. The number of para-hydroxylation sites is 1. The highest BCUT2D eigenvalue weighted by molar-refractivity contribution is 6.07. The summed E-state index contributed by atoms with van der Waals surface area (Å²) >= 11 is 0. The highest BCUT2D eigenvalue weighted by Gasteiger charge is 2.14. The molecule has 0 saturated heterocycles. The molecule has 156 valence electrons. The van der Waals surface area contributed by atoms with Crippen LogP contribution in [0.4, 0.5) is 0 Å². The topological polar surface area (TPSA) is 42.0 Å². The number of carbonyl (C=O) groups is 1. The maximum absolute atomic E-state index is 13.1. The van der Waals surface area contributed by atoms with Gasteiger partial charge in [-0.3, -0.25) is 4.79 Å². The van der Waals surface area contributed by atoms with Gasteiger partial charge in [0.2, 0.25) is 0 Å². The minimum absolute atomic E-state index is 0.0862. The summed E-state index contributed by atoms with van der Waals surface area (Å²) in [6.45, 7) is 7.00. The number of carbonyl (C=O) groups excluding carboxylic acids is 1. The number of fused-ring (bicyclic) bond motifs is 1. The number of aryl methyl sites for hydroxylation is 1. The minimum atomic E-state index is -0.0862. The molecular weight excluding hydrogens is 380 g/mol. The Kier molecular flexibility index (Phi) is 6.13. The second-order valence-corrected chi connectivity index (χ2v) is 8.54. The first-order valence-corrected chi connectivity index (χ1v) is 10.8. The quantitative estimate of drug-likeness (QED) is 0.404. The zero-order chi connectivity index (χ0) is 21.8. The predicted octanol–water partition coefficient (Wildman–Crippen LogP) is 6.34. The monoisotopic (exact) mass is 408 g/mol. The van der Waals surface area contributed by atoms with Crippen LogP contribution < -0.4 is 5.32 Å². The number of aromatic nitrogens is 1. The minimum Gasteiger partial charge on any atom is -0.348 e. The predicted molar refractivity (Wildman–Crippen MR) is 128 cm³/mol. The molecule has 0 spiro atoms. The van der Waals surface area contributed by atoms with Gasteiger partial charge in [-0.2, -0.15) is 0 Å². The first-order chi connectivity index (χ1) is 15.0. The zero-order valence-corrected chi connectivity index (χ0v) is 18.4. The Hall–Kier alpha value is -3.46. The van der Waals surface area contributed by atoms with E-state index in [0.717, 1.165) is 34.1 Å². The van der Waals surface area contributed by atoms with Gasteiger partial charge in [0, 0.05) is 17.5 Å². The van der Waals surface area contributed by atoms with Gasteiger partial charge in [0.1, 0.15) is 0 Å². The van der Waals surface area contributed by atoms with Gasteiger partial charge < -0.3 is 5.32 Å². The summed E-state index contributed by atoms with van der Waals surface area (Å²) in [5.74, 6) is 0.533. The molecule has 1 heterocycles. The van der Waals surface area contributed by atoms with Gasteiger partial charge >= 0.3 is 0 Å². The first-order valence-electron chi connectivity index (χ1n) is 10.8. The standard InChI is InChI=1S/C28H28N2O/c1-19(2)16-21-12-14-23(15-13-21)27-17-25(24-6-4-5-7-26(24)30-27)28(31)29-18-22-10-8-20(3)9-11-22/h4-15,17,19H,16,18H2,1-3H3,(H,29,31). The molecule has 3 heteroatoms. The highest BCUT2D eigenvalue weighted by Crippen LogP contribution is 2.25. The summed E-state index contributed by atoms with van der Waals surface area (Å²) in [6, 6.07) is 26.5. The van der Waals surface area contributed by atoms with Crippen molar-refractivity contribution in [1.29, 1.82) is 0 Å². The van der Waals surface area contributed by atoms with E-state index in [4.69, 9.17) is 4.98 Å². The van der Waals surface area contributed by atoms with E-state index in [1.165, 1.54) is 11.1 Å². The van der Waals surface area contributed by atoms with E-state index in [9.17, 15) is 4.79 Å². The Bertz CT molecular complexity index is 1190. The van der Waals surface area contributed by atoms with Gasteiger partial charge in [0.25, 0.3) is 5.91 Å². The molecule has 3 nitrogen and oxygen atoms in total. The number of amides is 1. The average Bonchev–Trinajstić information content (AvgIpc) is 2.78. The summed E-state index contributed by atoms with van der Waals surface area (Å²) in [7, 11) is 0. The second-order valence-electron chi connectivity index (χ2n) is 8.54.